The van der Waals surface area contributed by atoms with Crippen LogP contribution in [0.25, 0.3) is 10.4 Å². The summed E-state index contributed by atoms with van der Waals surface area (Å²) in [6.45, 7) is 0. The van der Waals surface area contributed by atoms with E-state index in [1.807, 2.05) is 0 Å². The zero-order chi connectivity index (χ0) is 11.5. The van der Waals surface area contributed by atoms with E-state index in [1.54, 1.807) is 0 Å². The van der Waals surface area contributed by atoms with Crippen molar-refractivity contribution in [2.45, 2.75) is 4.90 Å². The van der Waals surface area contributed by atoms with Crippen LogP contribution < -0.4 is 0 Å². The van der Waals surface area contributed by atoms with Gasteiger partial charge >= 0.3 is 5.97 Å². The molecule has 0 aliphatic heterocycles. The molecule has 0 fully saturated rings. The van der Waals surface area contributed by atoms with Crippen molar-refractivity contribution in [3.05, 3.63) is 40.3 Å². The van der Waals surface area contributed by atoms with Gasteiger partial charge < -0.3 is 5.11 Å². The van der Waals surface area contributed by atoms with E-state index in [0.717, 1.165) is 24.3 Å². The van der Waals surface area contributed by atoms with E-state index in [0.29, 0.717) is 0 Å². The van der Waals surface area contributed by atoms with Gasteiger partial charge in [-0.2, -0.15) is 0 Å². The van der Waals surface area contributed by atoms with Crippen molar-refractivity contribution in [3.63, 3.8) is 0 Å². The molecule has 1 rings (SSSR count). The molecule has 7 nitrogen and oxygen atoms in total. The quantitative estimate of drug-likeness (QED) is 0.508. The Balaban J connectivity index is 0.00000225. The van der Waals surface area contributed by atoms with Crippen molar-refractivity contribution in [1.29, 1.82) is 0 Å². The Morgan fingerprint density at radius 1 is 1.31 bits per heavy atom. The summed E-state index contributed by atoms with van der Waals surface area (Å²) in [4.78, 5) is 12.4. The fourth-order valence-electron chi connectivity index (χ4n) is 0.865. The molecule has 86 valence electrons. The molecule has 0 radical (unpaired) electrons. The van der Waals surface area contributed by atoms with Gasteiger partial charge in [0.15, 0.2) is 0 Å². The monoisotopic (exact) mass is 263 g/mol. The fourth-order valence-corrected chi connectivity index (χ4v) is 1.54. The van der Waals surface area contributed by atoms with Crippen molar-refractivity contribution in [1.82, 2.24) is 0 Å². The van der Waals surface area contributed by atoms with Gasteiger partial charge in [-0.1, -0.05) is 0 Å². The second kappa shape index (κ2) is 5.36. The highest BCUT2D eigenvalue weighted by Crippen LogP contribution is 2.13. The van der Waals surface area contributed by atoms with E-state index in [9.17, 15) is 13.2 Å². The summed E-state index contributed by atoms with van der Waals surface area (Å²) in [5.41, 5.74) is 7.94. The number of carbonyl (C=O) groups is 1. The molecule has 0 atom stereocenters. The number of carboxylic acid groups (broad SMARTS) is 1. The minimum absolute atomic E-state index is 0. The first-order valence-electron chi connectivity index (χ1n) is 3.62. The highest BCUT2D eigenvalue weighted by Gasteiger charge is 2.12. The van der Waals surface area contributed by atoms with Gasteiger partial charge in [0.25, 0.3) is 10.0 Å². The molecular weight excluding hydrogens is 258 g/mol. The van der Waals surface area contributed by atoms with Crippen LogP contribution in [0, 0.1) is 0 Å². The lowest BCUT2D eigenvalue weighted by atomic mass is 10.2. The third kappa shape index (κ3) is 3.13. The summed E-state index contributed by atoms with van der Waals surface area (Å²) in [7, 11) is -4.04. The lowest BCUT2D eigenvalue weighted by Gasteiger charge is -1.97. The van der Waals surface area contributed by atoms with Gasteiger partial charge in [-0.3, -0.25) is 0 Å². The van der Waals surface area contributed by atoms with E-state index in [1.165, 1.54) is 0 Å². The van der Waals surface area contributed by atoms with Crippen LogP contribution in [0.3, 0.4) is 0 Å². The van der Waals surface area contributed by atoms with Gasteiger partial charge in [-0.15, -0.1) is 12.4 Å². The summed E-state index contributed by atoms with van der Waals surface area (Å²) in [5.74, 6) is -1.16. The summed E-state index contributed by atoms with van der Waals surface area (Å²) in [5, 5.41) is 8.55. The lowest BCUT2D eigenvalue weighted by molar-refractivity contribution is 0.0697. The SMILES string of the molecule is Cl.[N-]=[N+]=NS(=O)(=O)c1ccc(C(=O)O)cc1. The normalized spacial score (nSPS) is 9.75. The molecule has 0 unspecified atom stereocenters. The zero-order valence-electron chi connectivity index (χ0n) is 7.64. The third-order valence-corrected chi connectivity index (χ3v) is 2.70. The van der Waals surface area contributed by atoms with E-state index in [4.69, 9.17) is 10.6 Å². The molecule has 1 N–H and O–H groups in total. The smallest absolute Gasteiger partial charge is 0.335 e. The number of benzene rings is 1. The highest BCUT2D eigenvalue weighted by molar-refractivity contribution is 7.90. The number of hydrogen-bond donors (Lipinski definition) is 1. The predicted octanol–water partition coefficient (Wildman–Crippen LogP) is 1.81. The molecule has 0 saturated heterocycles. The summed E-state index contributed by atoms with van der Waals surface area (Å²) >= 11 is 0. The number of rotatable bonds is 3. The third-order valence-electron chi connectivity index (χ3n) is 1.54. The molecule has 0 amide bonds. The van der Waals surface area contributed by atoms with Crippen LogP contribution in [0.1, 0.15) is 10.4 Å². The Bertz CT molecular complexity index is 533. The van der Waals surface area contributed by atoms with Crippen molar-refractivity contribution in [2.24, 2.45) is 4.52 Å². The number of hydrogen-bond acceptors (Lipinski definition) is 3. The lowest BCUT2D eigenvalue weighted by Crippen LogP contribution is -1.99. The highest BCUT2D eigenvalue weighted by atomic mass is 35.5. The zero-order valence-corrected chi connectivity index (χ0v) is 9.27. The minimum Gasteiger partial charge on any atom is -0.478 e. The number of aromatic carboxylic acids is 1. The molecule has 9 heteroatoms. The topological polar surface area (TPSA) is 120 Å². The maximum atomic E-state index is 11.1. The van der Waals surface area contributed by atoms with Gasteiger partial charge in [-0.05, 0) is 29.8 Å². The molecule has 0 heterocycles. The largest absolute Gasteiger partial charge is 0.478 e. The van der Waals surface area contributed by atoms with Gasteiger partial charge in [0.1, 0.15) is 0 Å². The second-order valence-corrected chi connectivity index (χ2v) is 4.06. The van der Waals surface area contributed by atoms with E-state index < -0.39 is 16.0 Å². The molecule has 16 heavy (non-hydrogen) atoms. The first-order chi connectivity index (χ1) is 6.97. The number of nitrogens with zero attached hydrogens (tertiary/aromatic N) is 3. The van der Waals surface area contributed by atoms with Gasteiger partial charge in [-0.25, -0.2) is 13.2 Å². The van der Waals surface area contributed by atoms with Crippen LogP contribution in [0.5, 0.6) is 0 Å². The van der Waals surface area contributed by atoms with Gasteiger partial charge in [0.05, 0.1) is 10.5 Å². The van der Waals surface area contributed by atoms with Gasteiger partial charge in [0, 0.05) is 9.43 Å². The molecular formula is C7H6ClN3O4S. The molecule has 0 aliphatic carbocycles. The second-order valence-electron chi connectivity index (χ2n) is 2.48. The number of sulfonamides is 1. The maximum absolute atomic E-state index is 11.1. The van der Waals surface area contributed by atoms with Crippen molar-refractivity contribution in [2.75, 3.05) is 0 Å². The summed E-state index contributed by atoms with van der Waals surface area (Å²) in [6.07, 6.45) is 0. The average Bonchev–Trinajstić information content (AvgIpc) is 2.18. The van der Waals surface area contributed by atoms with Crippen LogP contribution in [0.2, 0.25) is 0 Å². The predicted molar refractivity (Wildman–Crippen MR) is 57.0 cm³/mol. The van der Waals surface area contributed by atoms with E-state index in [2.05, 4.69) is 9.43 Å². The maximum Gasteiger partial charge on any atom is 0.335 e. The van der Waals surface area contributed by atoms with Crippen LogP contribution in [0.4, 0.5) is 0 Å². The van der Waals surface area contributed by atoms with Crippen molar-refractivity contribution >= 4 is 28.4 Å². The first-order valence-corrected chi connectivity index (χ1v) is 5.06. The average molecular weight is 264 g/mol. The number of carboxylic acids is 1. The van der Waals surface area contributed by atoms with Crippen LogP contribution in [-0.2, 0) is 10.0 Å². The van der Waals surface area contributed by atoms with E-state index in [-0.39, 0.29) is 22.9 Å². The Labute approximate surface area is 96.8 Å². The summed E-state index contributed by atoms with van der Waals surface area (Å²) < 4.78 is 24.9. The molecule has 0 saturated carbocycles. The van der Waals surface area contributed by atoms with Crippen LogP contribution >= 0.6 is 12.4 Å². The molecule has 0 aliphatic rings. The molecule has 1 aromatic carbocycles. The fraction of sp³-hybridized carbons (Fsp3) is 0. The summed E-state index contributed by atoms with van der Waals surface area (Å²) in [6, 6.07) is 4.35. The Morgan fingerprint density at radius 2 is 1.81 bits per heavy atom. The van der Waals surface area contributed by atoms with Gasteiger partial charge in [0.2, 0.25) is 0 Å². The Kier molecular flexibility index (Phi) is 4.77. The molecule has 0 spiro atoms. The molecule has 0 bridgehead atoms. The molecule has 1 aromatic rings. The molecule has 0 aromatic heterocycles. The standard InChI is InChI=1S/C7H5N3O4S.ClH/c8-9-10-15(13,14)6-3-1-5(2-4-6)7(11)12;/h1-4H,(H,11,12);1H. The minimum atomic E-state index is -4.04. The Hall–Kier alpha value is -1.76. The Morgan fingerprint density at radius 3 is 2.19 bits per heavy atom. The van der Waals surface area contributed by atoms with E-state index >= 15 is 0 Å². The number of azide groups is 1. The van der Waals surface area contributed by atoms with Crippen LogP contribution in [-0.4, -0.2) is 19.5 Å². The first kappa shape index (κ1) is 14.2. The van der Waals surface area contributed by atoms with Crippen LogP contribution in [0.15, 0.2) is 33.7 Å². The van der Waals surface area contributed by atoms with Crippen molar-refractivity contribution in [3.8, 4) is 0 Å². The number of halogens is 1. The van der Waals surface area contributed by atoms with Crippen molar-refractivity contribution < 1.29 is 18.3 Å².